The summed E-state index contributed by atoms with van der Waals surface area (Å²) in [5.74, 6) is 1.01. The van der Waals surface area contributed by atoms with Crippen molar-refractivity contribution in [2.45, 2.75) is 34.1 Å². The molecule has 2 heterocycles. The predicted octanol–water partition coefficient (Wildman–Crippen LogP) is 2.05. The molecule has 1 amide bonds. The Morgan fingerprint density at radius 2 is 2.11 bits per heavy atom. The first-order valence-electron chi connectivity index (χ1n) is 7.08. The molecule has 3 heteroatoms. The van der Waals surface area contributed by atoms with E-state index in [4.69, 9.17) is 0 Å². The molecular formula is C15H26N2O. The lowest BCUT2D eigenvalue weighted by Gasteiger charge is -2.34. The molecule has 2 unspecified atom stereocenters. The van der Waals surface area contributed by atoms with E-state index in [0.717, 1.165) is 32.6 Å². The van der Waals surface area contributed by atoms with Crippen molar-refractivity contribution in [3.63, 3.8) is 0 Å². The van der Waals surface area contributed by atoms with Crippen LogP contribution in [-0.2, 0) is 4.79 Å². The van der Waals surface area contributed by atoms with Gasteiger partial charge in [0.25, 0.3) is 0 Å². The highest BCUT2D eigenvalue weighted by Crippen LogP contribution is 2.31. The van der Waals surface area contributed by atoms with Gasteiger partial charge in [-0.15, -0.1) is 0 Å². The fourth-order valence-corrected chi connectivity index (χ4v) is 2.93. The number of carbonyl (C=O) groups is 1. The molecule has 0 saturated carbocycles. The second kappa shape index (κ2) is 5.04. The van der Waals surface area contributed by atoms with Gasteiger partial charge in [0.15, 0.2) is 0 Å². The molecule has 0 bridgehead atoms. The van der Waals surface area contributed by atoms with E-state index < -0.39 is 0 Å². The van der Waals surface area contributed by atoms with Crippen LogP contribution in [0.2, 0.25) is 0 Å². The standard InChI is InChI=1S/C15H26N2O/c1-11-9-16-10-13(11)14(18)17-7-5-12(6-8-17)15(2,3)4/h5,11,13,16H,6-10H2,1-4H3. The zero-order valence-corrected chi connectivity index (χ0v) is 12.1. The molecule has 1 fully saturated rings. The van der Waals surface area contributed by atoms with Gasteiger partial charge in [-0.3, -0.25) is 4.79 Å². The molecule has 0 spiro atoms. The van der Waals surface area contributed by atoms with Crippen LogP contribution in [0.15, 0.2) is 11.6 Å². The van der Waals surface area contributed by atoms with E-state index >= 15 is 0 Å². The molecule has 0 aliphatic carbocycles. The third-order valence-electron chi connectivity index (χ3n) is 4.32. The summed E-state index contributed by atoms with van der Waals surface area (Å²) in [5.41, 5.74) is 1.74. The van der Waals surface area contributed by atoms with Crippen LogP contribution in [0, 0.1) is 17.3 Å². The SMILES string of the molecule is CC1CNCC1C(=O)N1CC=C(C(C)(C)C)CC1. The molecule has 18 heavy (non-hydrogen) atoms. The summed E-state index contributed by atoms with van der Waals surface area (Å²) < 4.78 is 0. The molecule has 0 aromatic heterocycles. The Morgan fingerprint density at radius 1 is 1.39 bits per heavy atom. The van der Waals surface area contributed by atoms with E-state index in [-0.39, 0.29) is 11.3 Å². The van der Waals surface area contributed by atoms with Gasteiger partial charge in [-0.25, -0.2) is 0 Å². The fraction of sp³-hybridized carbons (Fsp3) is 0.800. The summed E-state index contributed by atoms with van der Waals surface area (Å²) in [6.07, 6.45) is 3.29. The fourth-order valence-electron chi connectivity index (χ4n) is 2.93. The number of amides is 1. The number of hydrogen-bond donors (Lipinski definition) is 1. The van der Waals surface area contributed by atoms with Crippen molar-refractivity contribution in [2.24, 2.45) is 17.3 Å². The Kier molecular flexibility index (Phi) is 3.81. The molecule has 0 radical (unpaired) electrons. The van der Waals surface area contributed by atoms with Crippen molar-refractivity contribution in [3.05, 3.63) is 11.6 Å². The van der Waals surface area contributed by atoms with Crippen LogP contribution < -0.4 is 5.32 Å². The first-order valence-corrected chi connectivity index (χ1v) is 7.08. The maximum Gasteiger partial charge on any atom is 0.227 e. The molecule has 0 aromatic carbocycles. The molecule has 2 atom stereocenters. The molecule has 1 N–H and O–H groups in total. The second-order valence-corrected chi connectivity index (χ2v) is 6.76. The normalized spacial score (nSPS) is 29.3. The van der Waals surface area contributed by atoms with Crippen molar-refractivity contribution in [2.75, 3.05) is 26.2 Å². The number of rotatable bonds is 1. The largest absolute Gasteiger partial charge is 0.338 e. The summed E-state index contributed by atoms with van der Waals surface area (Å²) in [5, 5.41) is 3.31. The topological polar surface area (TPSA) is 32.3 Å². The Hall–Kier alpha value is -0.830. The van der Waals surface area contributed by atoms with Crippen molar-refractivity contribution < 1.29 is 4.79 Å². The lowest BCUT2D eigenvalue weighted by Crippen LogP contribution is -2.42. The van der Waals surface area contributed by atoms with Crippen LogP contribution in [0.5, 0.6) is 0 Å². The van der Waals surface area contributed by atoms with Crippen LogP contribution in [0.1, 0.15) is 34.1 Å². The highest BCUT2D eigenvalue weighted by atomic mass is 16.2. The lowest BCUT2D eigenvalue weighted by molar-refractivity contribution is -0.135. The Balaban J connectivity index is 1.97. The quantitative estimate of drug-likeness (QED) is 0.722. The Labute approximate surface area is 111 Å². The molecule has 3 nitrogen and oxygen atoms in total. The van der Waals surface area contributed by atoms with Gasteiger partial charge in [0.2, 0.25) is 5.91 Å². The van der Waals surface area contributed by atoms with Crippen molar-refractivity contribution >= 4 is 5.91 Å². The molecule has 1 saturated heterocycles. The van der Waals surface area contributed by atoms with E-state index in [1.165, 1.54) is 5.57 Å². The predicted molar refractivity (Wildman–Crippen MR) is 74.3 cm³/mol. The van der Waals surface area contributed by atoms with Gasteiger partial charge in [-0.2, -0.15) is 0 Å². The summed E-state index contributed by atoms with van der Waals surface area (Å²) in [4.78, 5) is 14.5. The second-order valence-electron chi connectivity index (χ2n) is 6.76. The Bertz CT molecular complexity index is 354. The van der Waals surface area contributed by atoms with E-state index in [0.29, 0.717) is 11.8 Å². The average molecular weight is 250 g/mol. The molecular weight excluding hydrogens is 224 g/mol. The van der Waals surface area contributed by atoms with Crippen molar-refractivity contribution in [3.8, 4) is 0 Å². The summed E-state index contributed by atoms with van der Waals surface area (Å²) in [6, 6.07) is 0. The minimum atomic E-state index is 0.189. The van der Waals surface area contributed by atoms with Gasteiger partial charge >= 0.3 is 0 Å². The van der Waals surface area contributed by atoms with E-state index in [1.54, 1.807) is 0 Å². The lowest BCUT2D eigenvalue weighted by atomic mass is 9.82. The summed E-state index contributed by atoms with van der Waals surface area (Å²) >= 11 is 0. The number of carbonyl (C=O) groups excluding carboxylic acids is 1. The van der Waals surface area contributed by atoms with E-state index in [2.05, 4.69) is 39.1 Å². The third kappa shape index (κ3) is 2.77. The van der Waals surface area contributed by atoms with Gasteiger partial charge in [-0.05, 0) is 24.3 Å². The van der Waals surface area contributed by atoms with Gasteiger partial charge in [0.05, 0.1) is 5.92 Å². The molecule has 2 aliphatic rings. The average Bonchev–Trinajstić information content (AvgIpc) is 2.73. The molecule has 102 valence electrons. The summed E-state index contributed by atoms with van der Waals surface area (Å²) in [7, 11) is 0. The van der Waals surface area contributed by atoms with Crippen molar-refractivity contribution in [1.82, 2.24) is 10.2 Å². The number of nitrogens with one attached hydrogen (secondary N) is 1. The maximum atomic E-state index is 12.4. The van der Waals surface area contributed by atoms with E-state index in [9.17, 15) is 4.79 Å². The van der Waals surface area contributed by atoms with Gasteiger partial charge < -0.3 is 10.2 Å². The first kappa shape index (κ1) is 13.6. The molecule has 0 aromatic rings. The van der Waals surface area contributed by atoms with Gasteiger partial charge in [0.1, 0.15) is 0 Å². The molecule has 2 rings (SSSR count). The highest BCUT2D eigenvalue weighted by Gasteiger charge is 2.33. The first-order chi connectivity index (χ1) is 8.39. The zero-order valence-electron chi connectivity index (χ0n) is 12.1. The number of hydrogen-bond acceptors (Lipinski definition) is 2. The number of nitrogens with zero attached hydrogens (tertiary/aromatic N) is 1. The Morgan fingerprint density at radius 3 is 2.56 bits per heavy atom. The monoisotopic (exact) mass is 250 g/mol. The summed E-state index contributed by atoms with van der Waals surface area (Å²) in [6.45, 7) is 12.4. The van der Waals surface area contributed by atoms with Crippen LogP contribution >= 0.6 is 0 Å². The van der Waals surface area contributed by atoms with Gasteiger partial charge in [0, 0.05) is 19.6 Å². The minimum absolute atomic E-state index is 0.189. The minimum Gasteiger partial charge on any atom is -0.338 e. The highest BCUT2D eigenvalue weighted by molar-refractivity contribution is 5.80. The van der Waals surface area contributed by atoms with Crippen LogP contribution in [0.4, 0.5) is 0 Å². The van der Waals surface area contributed by atoms with Crippen LogP contribution in [-0.4, -0.2) is 37.0 Å². The van der Waals surface area contributed by atoms with Crippen LogP contribution in [0.3, 0.4) is 0 Å². The smallest absolute Gasteiger partial charge is 0.227 e. The van der Waals surface area contributed by atoms with Gasteiger partial charge in [-0.1, -0.05) is 39.3 Å². The van der Waals surface area contributed by atoms with E-state index in [1.807, 2.05) is 4.90 Å². The van der Waals surface area contributed by atoms with Crippen LogP contribution in [0.25, 0.3) is 0 Å². The zero-order chi connectivity index (χ0) is 13.3. The maximum absolute atomic E-state index is 12.4. The third-order valence-corrected chi connectivity index (χ3v) is 4.32. The molecule has 2 aliphatic heterocycles. The van der Waals surface area contributed by atoms with Crippen molar-refractivity contribution in [1.29, 1.82) is 0 Å².